The highest BCUT2D eigenvalue weighted by Crippen LogP contribution is 2.22. The number of rotatable bonds is 7. The van der Waals surface area contributed by atoms with Crippen molar-refractivity contribution in [2.75, 3.05) is 7.11 Å². The summed E-state index contributed by atoms with van der Waals surface area (Å²) in [6.45, 7) is 3.97. The number of esters is 1. The van der Waals surface area contributed by atoms with Gasteiger partial charge < -0.3 is 10.1 Å². The molecule has 4 heteroatoms. The Hall–Kier alpha value is -1.68. The van der Waals surface area contributed by atoms with Crippen LogP contribution in [0.4, 0.5) is 0 Å². The summed E-state index contributed by atoms with van der Waals surface area (Å²) in [7, 11) is 1.37. The van der Waals surface area contributed by atoms with Gasteiger partial charge in [-0.25, -0.2) is 0 Å². The van der Waals surface area contributed by atoms with Gasteiger partial charge in [-0.1, -0.05) is 23.8 Å². The lowest BCUT2D eigenvalue weighted by atomic mass is 9.95. The third kappa shape index (κ3) is 4.39. The highest BCUT2D eigenvalue weighted by molar-refractivity contribution is 6.01. The van der Waals surface area contributed by atoms with Gasteiger partial charge in [-0.3, -0.25) is 9.59 Å². The molecule has 1 N–H and O–H groups in total. The Kier molecular flexibility index (Phi) is 5.12. The third-order valence-corrected chi connectivity index (χ3v) is 3.84. The van der Waals surface area contributed by atoms with Gasteiger partial charge in [-0.15, -0.1) is 0 Å². The summed E-state index contributed by atoms with van der Waals surface area (Å²) in [6.07, 6.45) is 2.95. The van der Waals surface area contributed by atoms with E-state index in [1.54, 1.807) is 0 Å². The maximum atomic E-state index is 12.7. The van der Waals surface area contributed by atoms with Crippen LogP contribution in [0, 0.1) is 13.8 Å². The maximum absolute atomic E-state index is 12.7. The minimum atomic E-state index is -0.307. The van der Waals surface area contributed by atoms with Crippen LogP contribution in [-0.2, 0) is 9.53 Å². The predicted molar refractivity (Wildman–Crippen MR) is 81.4 cm³/mol. The minimum absolute atomic E-state index is 0.0725. The monoisotopic (exact) mass is 289 g/mol. The fourth-order valence-electron chi connectivity index (χ4n) is 2.47. The molecule has 1 atom stereocenters. The van der Waals surface area contributed by atoms with E-state index in [1.165, 1.54) is 7.11 Å². The lowest BCUT2D eigenvalue weighted by Gasteiger charge is -2.18. The SMILES string of the molecule is COC(=O)CCC(NC1CC1)C(=O)c1ccc(C)cc1C. The summed E-state index contributed by atoms with van der Waals surface area (Å²) in [5, 5.41) is 3.35. The summed E-state index contributed by atoms with van der Waals surface area (Å²) >= 11 is 0. The third-order valence-electron chi connectivity index (χ3n) is 3.84. The molecule has 1 aromatic carbocycles. The van der Waals surface area contributed by atoms with Gasteiger partial charge in [0.05, 0.1) is 13.2 Å². The fourth-order valence-corrected chi connectivity index (χ4v) is 2.47. The predicted octanol–water partition coefficient (Wildman–Crippen LogP) is 2.56. The number of aryl methyl sites for hydroxylation is 2. The number of nitrogens with one attached hydrogen (secondary N) is 1. The van der Waals surface area contributed by atoms with Gasteiger partial charge >= 0.3 is 5.97 Å². The molecule has 1 aromatic rings. The second-order valence-electron chi connectivity index (χ2n) is 5.79. The van der Waals surface area contributed by atoms with E-state index in [0.29, 0.717) is 12.5 Å². The second-order valence-corrected chi connectivity index (χ2v) is 5.79. The molecule has 1 aliphatic carbocycles. The van der Waals surface area contributed by atoms with E-state index in [1.807, 2.05) is 32.0 Å². The van der Waals surface area contributed by atoms with Crippen LogP contribution in [0.2, 0.25) is 0 Å². The number of ketones is 1. The first kappa shape index (κ1) is 15.7. The molecule has 0 amide bonds. The smallest absolute Gasteiger partial charge is 0.305 e. The van der Waals surface area contributed by atoms with Crippen LogP contribution in [-0.4, -0.2) is 30.9 Å². The van der Waals surface area contributed by atoms with Crippen LogP contribution in [0.1, 0.15) is 47.2 Å². The van der Waals surface area contributed by atoms with Crippen molar-refractivity contribution in [2.45, 2.75) is 51.6 Å². The van der Waals surface area contributed by atoms with Gasteiger partial charge in [0.2, 0.25) is 0 Å². The van der Waals surface area contributed by atoms with Crippen molar-refractivity contribution < 1.29 is 14.3 Å². The lowest BCUT2D eigenvalue weighted by molar-refractivity contribution is -0.140. The van der Waals surface area contributed by atoms with E-state index in [4.69, 9.17) is 0 Å². The Morgan fingerprint density at radius 1 is 1.33 bits per heavy atom. The Labute approximate surface area is 125 Å². The quantitative estimate of drug-likeness (QED) is 0.619. The molecule has 0 saturated heterocycles. The maximum Gasteiger partial charge on any atom is 0.305 e. The molecule has 4 nitrogen and oxygen atoms in total. The van der Waals surface area contributed by atoms with Gasteiger partial charge in [0.15, 0.2) is 5.78 Å². The van der Waals surface area contributed by atoms with Crippen molar-refractivity contribution in [3.63, 3.8) is 0 Å². The zero-order valence-electron chi connectivity index (χ0n) is 12.9. The Balaban J connectivity index is 2.10. The molecule has 0 aromatic heterocycles. The van der Waals surface area contributed by atoms with E-state index in [9.17, 15) is 9.59 Å². The molecule has 2 rings (SSSR count). The average molecular weight is 289 g/mol. The molecule has 0 aliphatic heterocycles. The number of benzene rings is 1. The Bertz CT molecular complexity index is 535. The van der Waals surface area contributed by atoms with Gasteiger partial charge in [-0.05, 0) is 38.7 Å². The molecule has 114 valence electrons. The first-order valence-electron chi connectivity index (χ1n) is 7.45. The molecule has 0 radical (unpaired) electrons. The summed E-state index contributed by atoms with van der Waals surface area (Å²) in [6, 6.07) is 5.96. The van der Waals surface area contributed by atoms with Gasteiger partial charge in [0.25, 0.3) is 0 Å². The largest absolute Gasteiger partial charge is 0.469 e. The molecule has 0 heterocycles. The number of ether oxygens (including phenoxy) is 1. The Morgan fingerprint density at radius 3 is 2.62 bits per heavy atom. The zero-order chi connectivity index (χ0) is 15.4. The standard InChI is InChI=1S/C17H23NO3/c1-11-4-7-14(12(2)10-11)17(20)15(18-13-5-6-13)8-9-16(19)21-3/h4,7,10,13,15,18H,5-6,8-9H2,1-3H3. The van der Waals surface area contributed by atoms with E-state index in [2.05, 4.69) is 10.1 Å². The normalized spacial score (nSPS) is 15.6. The minimum Gasteiger partial charge on any atom is -0.469 e. The van der Waals surface area contributed by atoms with Crippen molar-refractivity contribution in [3.8, 4) is 0 Å². The molecule has 1 aliphatic rings. The lowest BCUT2D eigenvalue weighted by Crippen LogP contribution is -2.39. The Morgan fingerprint density at radius 2 is 2.05 bits per heavy atom. The van der Waals surface area contributed by atoms with Crippen molar-refractivity contribution in [2.24, 2.45) is 0 Å². The van der Waals surface area contributed by atoms with Gasteiger partial charge in [0, 0.05) is 18.0 Å². The van der Waals surface area contributed by atoms with Crippen LogP contribution < -0.4 is 5.32 Å². The molecule has 0 spiro atoms. The molecule has 0 bridgehead atoms. The first-order chi connectivity index (χ1) is 10.0. The van der Waals surface area contributed by atoms with E-state index in [0.717, 1.165) is 29.5 Å². The highest BCUT2D eigenvalue weighted by Gasteiger charge is 2.29. The van der Waals surface area contributed by atoms with E-state index >= 15 is 0 Å². The number of carbonyl (C=O) groups excluding carboxylic acids is 2. The molecular weight excluding hydrogens is 266 g/mol. The number of methoxy groups -OCH3 is 1. The van der Waals surface area contributed by atoms with Crippen molar-refractivity contribution in [1.29, 1.82) is 0 Å². The number of hydrogen-bond acceptors (Lipinski definition) is 4. The molecule has 21 heavy (non-hydrogen) atoms. The van der Waals surface area contributed by atoms with Crippen LogP contribution in [0.3, 0.4) is 0 Å². The van der Waals surface area contributed by atoms with Crippen LogP contribution in [0.25, 0.3) is 0 Å². The number of Topliss-reactive ketones (excluding diaryl/α,β-unsaturated/α-hetero) is 1. The summed E-state index contributed by atoms with van der Waals surface area (Å²) in [4.78, 5) is 24.1. The first-order valence-corrected chi connectivity index (χ1v) is 7.45. The molecular formula is C17H23NO3. The van der Waals surface area contributed by atoms with Crippen LogP contribution in [0.15, 0.2) is 18.2 Å². The fraction of sp³-hybridized carbons (Fsp3) is 0.529. The average Bonchev–Trinajstić information content (AvgIpc) is 3.26. The highest BCUT2D eigenvalue weighted by atomic mass is 16.5. The van der Waals surface area contributed by atoms with Crippen molar-refractivity contribution in [3.05, 3.63) is 34.9 Å². The summed E-state index contributed by atoms with van der Waals surface area (Å²) in [5.74, 6) is -0.200. The molecule has 1 fully saturated rings. The van der Waals surface area contributed by atoms with Crippen LogP contribution >= 0.6 is 0 Å². The van der Waals surface area contributed by atoms with E-state index in [-0.39, 0.29) is 24.2 Å². The zero-order valence-corrected chi connectivity index (χ0v) is 12.9. The summed E-state index contributed by atoms with van der Waals surface area (Å²) < 4.78 is 4.67. The van der Waals surface area contributed by atoms with Gasteiger partial charge in [0.1, 0.15) is 0 Å². The van der Waals surface area contributed by atoms with Crippen molar-refractivity contribution in [1.82, 2.24) is 5.32 Å². The second kappa shape index (κ2) is 6.85. The van der Waals surface area contributed by atoms with Gasteiger partial charge in [-0.2, -0.15) is 0 Å². The molecule has 1 saturated carbocycles. The number of hydrogen-bond donors (Lipinski definition) is 1. The van der Waals surface area contributed by atoms with Crippen molar-refractivity contribution >= 4 is 11.8 Å². The molecule has 1 unspecified atom stereocenters. The van der Waals surface area contributed by atoms with E-state index < -0.39 is 0 Å². The summed E-state index contributed by atoms with van der Waals surface area (Å²) in [5.41, 5.74) is 2.87. The van der Waals surface area contributed by atoms with Crippen LogP contribution in [0.5, 0.6) is 0 Å². The number of carbonyl (C=O) groups is 2. The topological polar surface area (TPSA) is 55.4 Å².